The van der Waals surface area contributed by atoms with Crippen LogP contribution in [-0.2, 0) is 15.0 Å². The van der Waals surface area contributed by atoms with Gasteiger partial charge in [-0.3, -0.25) is 9.59 Å². The summed E-state index contributed by atoms with van der Waals surface area (Å²) in [5, 5.41) is 10.8. The Balaban J connectivity index is 2.17. The smallest absolute Gasteiger partial charge is 0.322 e. The molecule has 90 valence electrons. The van der Waals surface area contributed by atoms with Gasteiger partial charge in [-0.15, -0.1) is 0 Å². The molecule has 0 aromatic heterocycles. The van der Waals surface area contributed by atoms with E-state index < -0.39 is 29.7 Å². The molecule has 0 radical (unpaired) electrons. The van der Waals surface area contributed by atoms with Crippen molar-refractivity contribution in [2.45, 2.75) is 18.3 Å². The molecule has 1 amide bonds. The number of carbonyl (C=O) groups excluding carboxylic acids is 1. The van der Waals surface area contributed by atoms with Crippen LogP contribution in [0.2, 0.25) is 0 Å². The van der Waals surface area contributed by atoms with E-state index in [0.29, 0.717) is 18.4 Å². The predicted octanol–water partition coefficient (Wildman–Crippen LogP) is 1.06. The number of aliphatic carboxylic acids is 1. The maximum Gasteiger partial charge on any atom is 0.322 e. The summed E-state index contributed by atoms with van der Waals surface area (Å²) in [7, 11) is 0. The summed E-state index contributed by atoms with van der Waals surface area (Å²) in [5.41, 5.74) is -0.510. The number of hydrogen-bond donors (Lipinski definition) is 2. The molecule has 0 atom stereocenters. The summed E-state index contributed by atoms with van der Waals surface area (Å²) in [6.45, 7) is -0.435. The molecule has 5 heteroatoms. The molecule has 0 unspecified atom stereocenters. The van der Waals surface area contributed by atoms with Crippen LogP contribution in [0, 0.1) is 5.82 Å². The van der Waals surface area contributed by atoms with Crippen molar-refractivity contribution in [2.24, 2.45) is 0 Å². The molecular formula is C12H12FNO3. The van der Waals surface area contributed by atoms with Gasteiger partial charge in [0.25, 0.3) is 0 Å². The lowest BCUT2D eigenvalue weighted by molar-refractivity contribution is -0.138. The molecule has 1 aliphatic rings. The number of halogens is 1. The Kier molecular flexibility index (Phi) is 2.83. The number of benzene rings is 1. The summed E-state index contributed by atoms with van der Waals surface area (Å²) in [4.78, 5) is 22.2. The number of hydrogen-bond acceptors (Lipinski definition) is 2. The highest BCUT2D eigenvalue weighted by atomic mass is 19.1. The van der Waals surface area contributed by atoms with Gasteiger partial charge in [-0.1, -0.05) is 18.2 Å². The van der Waals surface area contributed by atoms with Crippen molar-refractivity contribution in [3.8, 4) is 0 Å². The van der Waals surface area contributed by atoms with Crippen molar-refractivity contribution in [3.63, 3.8) is 0 Å². The maximum absolute atomic E-state index is 13.6. The first-order valence-electron chi connectivity index (χ1n) is 5.31. The first kappa shape index (κ1) is 11.6. The summed E-state index contributed by atoms with van der Waals surface area (Å²) in [6.07, 6.45) is 1.11. The maximum atomic E-state index is 13.6. The lowest BCUT2D eigenvalue weighted by Gasteiger charge is -2.15. The fourth-order valence-electron chi connectivity index (χ4n) is 1.92. The lowest BCUT2D eigenvalue weighted by atomic mass is 9.94. The van der Waals surface area contributed by atoms with Gasteiger partial charge in [0.05, 0.1) is 5.41 Å². The van der Waals surface area contributed by atoms with Crippen molar-refractivity contribution >= 4 is 11.9 Å². The van der Waals surface area contributed by atoms with E-state index in [-0.39, 0.29) is 0 Å². The third-order valence-electron chi connectivity index (χ3n) is 2.97. The second kappa shape index (κ2) is 4.16. The minimum atomic E-state index is -1.11. The Hall–Kier alpha value is -1.91. The number of rotatable bonds is 4. The normalized spacial score (nSPS) is 16.3. The van der Waals surface area contributed by atoms with E-state index >= 15 is 0 Å². The molecule has 2 N–H and O–H groups in total. The number of amides is 1. The zero-order valence-corrected chi connectivity index (χ0v) is 9.07. The molecule has 1 aliphatic carbocycles. The summed E-state index contributed by atoms with van der Waals surface area (Å²) in [5.74, 6) is -1.94. The molecule has 1 aromatic rings. The summed E-state index contributed by atoms with van der Waals surface area (Å²) >= 11 is 0. The molecule has 0 heterocycles. The summed E-state index contributed by atoms with van der Waals surface area (Å²) < 4.78 is 13.6. The first-order chi connectivity index (χ1) is 8.06. The van der Waals surface area contributed by atoms with Gasteiger partial charge >= 0.3 is 5.97 Å². The van der Waals surface area contributed by atoms with Crippen LogP contribution in [0.25, 0.3) is 0 Å². The Labute approximate surface area is 97.4 Å². The van der Waals surface area contributed by atoms with Crippen molar-refractivity contribution < 1.29 is 19.1 Å². The minimum absolute atomic E-state index is 0.350. The van der Waals surface area contributed by atoms with Crippen LogP contribution in [0.1, 0.15) is 18.4 Å². The molecule has 0 bridgehead atoms. The van der Waals surface area contributed by atoms with E-state index in [4.69, 9.17) is 5.11 Å². The monoisotopic (exact) mass is 237 g/mol. The Morgan fingerprint density at radius 1 is 1.35 bits per heavy atom. The van der Waals surface area contributed by atoms with Crippen LogP contribution in [0.3, 0.4) is 0 Å². The highest BCUT2D eigenvalue weighted by Crippen LogP contribution is 2.49. The fraction of sp³-hybridized carbons (Fsp3) is 0.333. The van der Waals surface area contributed by atoms with Gasteiger partial charge in [0.1, 0.15) is 12.4 Å². The number of carboxylic acids is 1. The summed E-state index contributed by atoms with van der Waals surface area (Å²) in [6, 6.07) is 6.11. The van der Waals surface area contributed by atoms with Crippen LogP contribution < -0.4 is 5.32 Å². The first-order valence-corrected chi connectivity index (χ1v) is 5.31. The number of nitrogens with one attached hydrogen (secondary N) is 1. The highest BCUT2D eigenvalue weighted by molar-refractivity contribution is 5.93. The molecule has 1 saturated carbocycles. The van der Waals surface area contributed by atoms with E-state index in [2.05, 4.69) is 5.32 Å². The van der Waals surface area contributed by atoms with Crippen LogP contribution in [0.5, 0.6) is 0 Å². The molecule has 2 rings (SSSR count). The zero-order chi connectivity index (χ0) is 12.5. The molecule has 17 heavy (non-hydrogen) atoms. The van der Waals surface area contributed by atoms with Gasteiger partial charge in [0.15, 0.2) is 0 Å². The van der Waals surface area contributed by atoms with E-state index in [1.54, 1.807) is 18.2 Å². The van der Waals surface area contributed by atoms with Crippen LogP contribution >= 0.6 is 0 Å². The van der Waals surface area contributed by atoms with Gasteiger partial charge in [-0.25, -0.2) is 4.39 Å². The standard InChI is InChI=1S/C12H12FNO3/c13-9-4-2-1-3-8(9)12(5-6-12)11(17)14-7-10(15)16/h1-4H,5-7H2,(H,14,17)(H,15,16). The average molecular weight is 237 g/mol. The highest BCUT2D eigenvalue weighted by Gasteiger charge is 2.52. The van der Waals surface area contributed by atoms with Gasteiger partial charge in [-0.2, -0.15) is 0 Å². The molecule has 4 nitrogen and oxygen atoms in total. The molecule has 1 fully saturated rings. The Bertz CT molecular complexity index is 469. The zero-order valence-electron chi connectivity index (χ0n) is 9.07. The average Bonchev–Trinajstić information content (AvgIpc) is 3.07. The van der Waals surface area contributed by atoms with Gasteiger partial charge in [-0.05, 0) is 18.9 Å². The van der Waals surface area contributed by atoms with E-state index in [1.165, 1.54) is 6.07 Å². The van der Waals surface area contributed by atoms with Crippen LogP contribution in [0.4, 0.5) is 4.39 Å². The van der Waals surface area contributed by atoms with Crippen LogP contribution in [-0.4, -0.2) is 23.5 Å². The predicted molar refractivity (Wildman–Crippen MR) is 58.0 cm³/mol. The Morgan fingerprint density at radius 3 is 2.53 bits per heavy atom. The SMILES string of the molecule is O=C(O)CNC(=O)C1(c2ccccc2F)CC1. The van der Waals surface area contributed by atoms with Crippen molar-refractivity contribution in [2.75, 3.05) is 6.54 Å². The van der Waals surface area contributed by atoms with E-state index in [0.717, 1.165) is 0 Å². The molecule has 0 spiro atoms. The van der Waals surface area contributed by atoms with E-state index in [1.807, 2.05) is 0 Å². The van der Waals surface area contributed by atoms with Crippen molar-refractivity contribution in [1.82, 2.24) is 5.32 Å². The quantitative estimate of drug-likeness (QED) is 0.822. The second-order valence-electron chi connectivity index (χ2n) is 4.14. The molecule has 1 aromatic carbocycles. The number of carbonyl (C=O) groups is 2. The number of carboxylic acid groups (broad SMARTS) is 1. The minimum Gasteiger partial charge on any atom is -0.480 e. The molecular weight excluding hydrogens is 225 g/mol. The fourth-order valence-corrected chi connectivity index (χ4v) is 1.92. The third-order valence-corrected chi connectivity index (χ3v) is 2.97. The third kappa shape index (κ3) is 2.13. The van der Waals surface area contributed by atoms with E-state index in [9.17, 15) is 14.0 Å². The second-order valence-corrected chi connectivity index (χ2v) is 4.14. The van der Waals surface area contributed by atoms with Crippen LogP contribution in [0.15, 0.2) is 24.3 Å². The molecule has 0 saturated heterocycles. The molecule has 0 aliphatic heterocycles. The lowest BCUT2D eigenvalue weighted by Crippen LogP contribution is -2.38. The van der Waals surface area contributed by atoms with Gasteiger partial charge in [0, 0.05) is 5.56 Å². The van der Waals surface area contributed by atoms with Crippen molar-refractivity contribution in [3.05, 3.63) is 35.6 Å². The van der Waals surface area contributed by atoms with Gasteiger partial charge < -0.3 is 10.4 Å². The topological polar surface area (TPSA) is 66.4 Å². The van der Waals surface area contributed by atoms with Crippen molar-refractivity contribution in [1.29, 1.82) is 0 Å². The Morgan fingerprint density at radius 2 is 2.00 bits per heavy atom. The largest absolute Gasteiger partial charge is 0.480 e. The van der Waals surface area contributed by atoms with Gasteiger partial charge in [0.2, 0.25) is 5.91 Å².